The minimum absolute atomic E-state index is 0.754. The lowest BCUT2D eigenvalue weighted by Gasteiger charge is -2.17. The standard InChI is InChI=1S/C26H28O/c1-4-19-27-24-17-15-23(16-18-24)26(22-9-7-6-8-10-22)25(5-2)21-13-11-20(3)12-14-21/h6-18H,4-5,19H2,1-3H3/b26-25-. The highest BCUT2D eigenvalue weighted by Crippen LogP contribution is 2.35. The number of hydrogen-bond donors (Lipinski definition) is 0. The van der Waals surface area contributed by atoms with Gasteiger partial charge in [-0.15, -0.1) is 0 Å². The van der Waals surface area contributed by atoms with Crippen molar-refractivity contribution < 1.29 is 4.74 Å². The highest BCUT2D eigenvalue weighted by Gasteiger charge is 2.13. The molecule has 0 aliphatic rings. The van der Waals surface area contributed by atoms with Gasteiger partial charge >= 0.3 is 0 Å². The molecule has 1 heteroatoms. The fraction of sp³-hybridized carbons (Fsp3) is 0.231. The Balaban J connectivity index is 2.12. The van der Waals surface area contributed by atoms with Gasteiger partial charge < -0.3 is 4.74 Å². The Bertz CT molecular complexity index is 872. The van der Waals surface area contributed by atoms with Crippen LogP contribution in [0.4, 0.5) is 0 Å². The normalized spacial score (nSPS) is 11.8. The van der Waals surface area contributed by atoms with Crippen LogP contribution in [0, 0.1) is 6.92 Å². The van der Waals surface area contributed by atoms with Crippen molar-refractivity contribution in [3.05, 3.63) is 101 Å². The van der Waals surface area contributed by atoms with Crippen molar-refractivity contribution in [2.45, 2.75) is 33.6 Å². The topological polar surface area (TPSA) is 9.23 Å². The SMILES string of the molecule is CCCOc1ccc(/C(=C(/CC)c2ccc(C)cc2)c2ccccc2)cc1. The Morgan fingerprint density at radius 2 is 1.30 bits per heavy atom. The second-order valence-electron chi connectivity index (χ2n) is 6.81. The molecule has 0 fully saturated rings. The van der Waals surface area contributed by atoms with Crippen LogP contribution in [0.15, 0.2) is 78.9 Å². The van der Waals surface area contributed by atoms with Crippen LogP contribution in [0.5, 0.6) is 5.75 Å². The first-order valence-electron chi connectivity index (χ1n) is 9.81. The van der Waals surface area contributed by atoms with Crippen molar-refractivity contribution in [1.82, 2.24) is 0 Å². The second-order valence-corrected chi connectivity index (χ2v) is 6.81. The molecule has 0 spiro atoms. The number of rotatable bonds is 7. The third-order valence-corrected chi connectivity index (χ3v) is 4.73. The molecule has 0 radical (unpaired) electrons. The maximum atomic E-state index is 5.76. The number of allylic oxidation sites excluding steroid dienone is 1. The van der Waals surface area contributed by atoms with Gasteiger partial charge in [-0.2, -0.15) is 0 Å². The summed E-state index contributed by atoms with van der Waals surface area (Å²) < 4.78 is 5.76. The van der Waals surface area contributed by atoms with Crippen molar-refractivity contribution in [3.63, 3.8) is 0 Å². The fourth-order valence-electron chi connectivity index (χ4n) is 3.34. The van der Waals surface area contributed by atoms with Crippen LogP contribution in [0.25, 0.3) is 11.1 Å². The number of aryl methyl sites for hydroxylation is 1. The summed E-state index contributed by atoms with van der Waals surface area (Å²) in [4.78, 5) is 0. The molecular weight excluding hydrogens is 328 g/mol. The summed E-state index contributed by atoms with van der Waals surface area (Å²) in [6, 6.07) is 28.0. The van der Waals surface area contributed by atoms with Crippen LogP contribution in [0.3, 0.4) is 0 Å². The van der Waals surface area contributed by atoms with Gasteiger partial charge in [0.05, 0.1) is 6.61 Å². The minimum Gasteiger partial charge on any atom is -0.494 e. The van der Waals surface area contributed by atoms with E-state index >= 15 is 0 Å². The summed E-state index contributed by atoms with van der Waals surface area (Å²) in [5.41, 5.74) is 7.70. The van der Waals surface area contributed by atoms with Crippen molar-refractivity contribution >= 4 is 11.1 Å². The van der Waals surface area contributed by atoms with Gasteiger partial charge in [-0.25, -0.2) is 0 Å². The van der Waals surface area contributed by atoms with E-state index < -0.39 is 0 Å². The van der Waals surface area contributed by atoms with Crippen molar-refractivity contribution in [1.29, 1.82) is 0 Å². The number of hydrogen-bond acceptors (Lipinski definition) is 1. The predicted molar refractivity (Wildman–Crippen MR) is 116 cm³/mol. The van der Waals surface area contributed by atoms with E-state index in [0.29, 0.717) is 0 Å². The Morgan fingerprint density at radius 3 is 1.89 bits per heavy atom. The molecule has 0 heterocycles. The summed E-state index contributed by atoms with van der Waals surface area (Å²) in [5.74, 6) is 0.932. The van der Waals surface area contributed by atoms with Gasteiger partial charge in [-0.05, 0) is 59.7 Å². The Labute approximate surface area is 163 Å². The zero-order valence-corrected chi connectivity index (χ0v) is 16.5. The molecular formula is C26H28O. The zero-order valence-electron chi connectivity index (χ0n) is 16.5. The molecule has 3 rings (SSSR count). The fourth-order valence-corrected chi connectivity index (χ4v) is 3.34. The van der Waals surface area contributed by atoms with Crippen LogP contribution in [0.1, 0.15) is 48.9 Å². The number of ether oxygens (including phenoxy) is 1. The summed E-state index contributed by atoms with van der Waals surface area (Å²) in [6.07, 6.45) is 1.99. The molecule has 0 aliphatic carbocycles. The van der Waals surface area contributed by atoms with Gasteiger partial charge in [-0.1, -0.05) is 86.1 Å². The van der Waals surface area contributed by atoms with Crippen LogP contribution in [-0.4, -0.2) is 6.61 Å². The van der Waals surface area contributed by atoms with E-state index in [9.17, 15) is 0 Å². The zero-order chi connectivity index (χ0) is 19.1. The van der Waals surface area contributed by atoms with Gasteiger partial charge in [-0.3, -0.25) is 0 Å². The van der Waals surface area contributed by atoms with Crippen molar-refractivity contribution in [2.75, 3.05) is 6.61 Å². The summed E-state index contributed by atoms with van der Waals surface area (Å²) >= 11 is 0. The lowest BCUT2D eigenvalue weighted by Crippen LogP contribution is -1.97. The first-order chi connectivity index (χ1) is 13.2. The van der Waals surface area contributed by atoms with E-state index in [0.717, 1.165) is 25.2 Å². The maximum Gasteiger partial charge on any atom is 0.119 e. The van der Waals surface area contributed by atoms with E-state index in [2.05, 4.69) is 99.6 Å². The summed E-state index contributed by atoms with van der Waals surface area (Å²) in [5, 5.41) is 0. The predicted octanol–water partition coefficient (Wildman–Crippen LogP) is 7.15. The van der Waals surface area contributed by atoms with Gasteiger partial charge in [0, 0.05) is 0 Å². The van der Waals surface area contributed by atoms with Gasteiger partial charge in [0.1, 0.15) is 5.75 Å². The minimum atomic E-state index is 0.754. The van der Waals surface area contributed by atoms with E-state index in [1.165, 1.54) is 33.4 Å². The molecule has 0 aliphatic heterocycles. The van der Waals surface area contributed by atoms with Crippen molar-refractivity contribution in [3.8, 4) is 5.75 Å². The molecule has 0 aromatic heterocycles. The van der Waals surface area contributed by atoms with E-state index in [-0.39, 0.29) is 0 Å². The molecule has 138 valence electrons. The highest BCUT2D eigenvalue weighted by molar-refractivity contribution is 5.98. The second kappa shape index (κ2) is 9.23. The number of benzene rings is 3. The lowest BCUT2D eigenvalue weighted by atomic mass is 9.88. The lowest BCUT2D eigenvalue weighted by molar-refractivity contribution is 0.317. The molecule has 1 nitrogen and oxygen atoms in total. The van der Waals surface area contributed by atoms with Crippen LogP contribution in [-0.2, 0) is 0 Å². The Hall–Kier alpha value is -2.80. The van der Waals surface area contributed by atoms with Gasteiger partial charge in [0.2, 0.25) is 0 Å². The molecule has 0 unspecified atom stereocenters. The molecule has 3 aromatic carbocycles. The van der Waals surface area contributed by atoms with Crippen LogP contribution >= 0.6 is 0 Å². The van der Waals surface area contributed by atoms with Crippen LogP contribution in [0.2, 0.25) is 0 Å². The molecule has 0 amide bonds. The molecule has 0 saturated carbocycles. The van der Waals surface area contributed by atoms with Gasteiger partial charge in [0.15, 0.2) is 0 Å². The molecule has 0 saturated heterocycles. The van der Waals surface area contributed by atoms with E-state index in [1.807, 2.05) is 0 Å². The molecule has 27 heavy (non-hydrogen) atoms. The van der Waals surface area contributed by atoms with Crippen molar-refractivity contribution in [2.24, 2.45) is 0 Å². The quantitative estimate of drug-likeness (QED) is 0.408. The summed E-state index contributed by atoms with van der Waals surface area (Å²) in [6.45, 7) is 7.24. The highest BCUT2D eigenvalue weighted by atomic mass is 16.5. The van der Waals surface area contributed by atoms with Crippen LogP contribution < -0.4 is 4.74 Å². The van der Waals surface area contributed by atoms with E-state index in [1.54, 1.807) is 0 Å². The molecule has 3 aromatic rings. The summed E-state index contributed by atoms with van der Waals surface area (Å²) in [7, 11) is 0. The monoisotopic (exact) mass is 356 g/mol. The average Bonchev–Trinajstić information content (AvgIpc) is 2.72. The molecule has 0 bridgehead atoms. The van der Waals surface area contributed by atoms with E-state index in [4.69, 9.17) is 4.74 Å². The Morgan fingerprint density at radius 1 is 0.704 bits per heavy atom. The van der Waals surface area contributed by atoms with Gasteiger partial charge in [0.25, 0.3) is 0 Å². The first kappa shape index (κ1) is 19.0. The molecule has 0 atom stereocenters. The third-order valence-electron chi connectivity index (χ3n) is 4.73. The largest absolute Gasteiger partial charge is 0.494 e. The first-order valence-corrected chi connectivity index (χ1v) is 9.81. The maximum absolute atomic E-state index is 5.76. The molecule has 0 N–H and O–H groups in total. The Kier molecular flexibility index (Phi) is 6.49. The average molecular weight is 357 g/mol. The third kappa shape index (κ3) is 4.68. The smallest absolute Gasteiger partial charge is 0.119 e.